The fraction of sp³-hybridized carbons (Fsp3) is 0.600. The second-order valence-corrected chi connectivity index (χ2v) is 3.32. The molecule has 9 heavy (non-hydrogen) atoms. The predicted octanol–water partition coefficient (Wildman–Crippen LogP) is 1.09. The topological polar surface area (TPSA) is 35.8 Å². The summed E-state index contributed by atoms with van der Waals surface area (Å²) < 4.78 is 0.349. The fourth-order valence-electron chi connectivity index (χ4n) is 0.295. The van der Waals surface area contributed by atoms with Crippen molar-refractivity contribution in [1.82, 2.24) is 5.32 Å². The molecule has 0 saturated carbocycles. The van der Waals surface area contributed by atoms with Crippen LogP contribution in [0.2, 0.25) is 0 Å². The normalized spacial score (nSPS) is 10.0. The van der Waals surface area contributed by atoms with Gasteiger partial charge in [-0.15, -0.1) is 12.6 Å². The van der Waals surface area contributed by atoms with Crippen molar-refractivity contribution in [2.24, 2.45) is 0 Å². The molecule has 4 heteroatoms. The molecule has 0 amide bonds. The molecule has 0 unspecified atom stereocenters. The highest BCUT2D eigenvalue weighted by Crippen LogP contribution is 1.99. The number of rotatable bonds is 1. The highest BCUT2D eigenvalue weighted by molar-refractivity contribution is 8.11. The molecule has 1 N–H and O–H groups in total. The van der Waals surface area contributed by atoms with Gasteiger partial charge in [0, 0.05) is 0 Å². The molecule has 0 atom stereocenters. The summed E-state index contributed by atoms with van der Waals surface area (Å²) in [5.74, 6) is 0. The maximum absolute atomic E-state index is 8.44. The molecule has 0 aromatic heterocycles. The third kappa shape index (κ3) is 4.25. The SMILES string of the molecule is CC(C)(C#N)NC(=S)S. The molecule has 50 valence electrons. The number of hydrogen-bond donors (Lipinski definition) is 2. The van der Waals surface area contributed by atoms with Crippen LogP contribution in [0.5, 0.6) is 0 Å². The molecule has 0 radical (unpaired) electrons. The summed E-state index contributed by atoms with van der Waals surface area (Å²) in [6.45, 7) is 3.46. The molecule has 0 aromatic carbocycles. The van der Waals surface area contributed by atoms with Crippen LogP contribution in [0.1, 0.15) is 13.8 Å². The molecular weight excluding hydrogens is 152 g/mol. The van der Waals surface area contributed by atoms with E-state index < -0.39 is 5.54 Å². The predicted molar refractivity (Wildman–Crippen MR) is 44.4 cm³/mol. The highest BCUT2D eigenvalue weighted by Gasteiger charge is 2.14. The first-order chi connectivity index (χ1) is 3.98. The van der Waals surface area contributed by atoms with E-state index in [9.17, 15) is 0 Å². The zero-order valence-corrected chi connectivity index (χ0v) is 7.01. The van der Waals surface area contributed by atoms with E-state index in [0.717, 1.165) is 0 Å². The molecule has 0 aliphatic rings. The molecule has 0 aliphatic heterocycles. The highest BCUT2D eigenvalue weighted by atomic mass is 32.1. The van der Waals surface area contributed by atoms with Gasteiger partial charge in [-0.2, -0.15) is 5.26 Å². The summed E-state index contributed by atoms with van der Waals surface area (Å²) in [5, 5.41) is 11.1. The Morgan fingerprint density at radius 1 is 1.78 bits per heavy atom. The summed E-state index contributed by atoms with van der Waals surface area (Å²) >= 11 is 8.43. The molecule has 0 rings (SSSR count). The van der Waals surface area contributed by atoms with Gasteiger partial charge in [0.05, 0.1) is 6.07 Å². The number of hydrogen-bond acceptors (Lipinski definition) is 2. The van der Waals surface area contributed by atoms with Crippen molar-refractivity contribution in [3.8, 4) is 6.07 Å². The molecule has 0 spiro atoms. The summed E-state index contributed by atoms with van der Waals surface area (Å²) in [5.41, 5.74) is -0.598. The summed E-state index contributed by atoms with van der Waals surface area (Å²) in [6, 6.07) is 2.03. The first-order valence-corrected chi connectivity index (χ1v) is 3.26. The summed E-state index contributed by atoms with van der Waals surface area (Å²) in [7, 11) is 0. The fourth-order valence-corrected chi connectivity index (χ4v) is 0.830. The van der Waals surface area contributed by atoms with Gasteiger partial charge < -0.3 is 5.32 Å². The number of thiocarbonyl (C=S) groups is 1. The van der Waals surface area contributed by atoms with E-state index in [2.05, 4.69) is 30.2 Å². The maximum atomic E-state index is 8.44. The Kier molecular flexibility index (Phi) is 2.95. The van der Waals surface area contributed by atoms with E-state index in [1.54, 1.807) is 13.8 Å². The second kappa shape index (κ2) is 3.04. The lowest BCUT2D eigenvalue weighted by atomic mass is 10.1. The monoisotopic (exact) mass is 160 g/mol. The van der Waals surface area contributed by atoms with Crippen molar-refractivity contribution in [2.75, 3.05) is 0 Å². The number of thiol groups is 1. The van der Waals surface area contributed by atoms with E-state index in [1.807, 2.05) is 6.07 Å². The van der Waals surface area contributed by atoms with E-state index in [-0.39, 0.29) is 0 Å². The molecule has 2 nitrogen and oxygen atoms in total. The molecule has 0 bridgehead atoms. The van der Waals surface area contributed by atoms with Crippen molar-refractivity contribution >= 4 is 29.2 Å². The lowest BCUT2D eigenvalue weighted by molar-refractivity contribution is 0.600. The molecule has 0 heterocycles. The van der Waals surface area contributed by atoms with Crippen LogP contribution in [0.4, 0.5) is 0 Å². The lowest BCUT2D eigenvalue weighted by Gasteiger charge is -2.16. The van der Waals surface area contributed by atoms with Gasteiger partial charge in [-0.3, -0.25) is 0 Å². The second-order valence-electron chi connectivity index (χ2n) is 2.17. The van der Waals surface area contributed by atoms with Crippen molar-refractivity contribution in [2.45, 2.75) is 19.4 Å². The molecule has 0 saturated heterocycles. The van der Waals surface area contributed by atoms with Crippen LogP contribution < -0.4 is 5.32 Å². The Morgan fingerprint density at radius 3 is 2.33 bits per heavy atom. The van der Waals surface area contributed by atoms with Gasteiger partial charge >= 0.3 is 0 Å². The number of nitriles is 1. The average molecular weight is 160 g/mol. The zero-order chi connectivity index (χ0) is 7.49. The minimum Gasteiger partial charge on any atom is -0.354 e. The molecular formula is C5H8N2S2. The Morgan fingerprint density at radius 2 is 2.22 bits per heavy atom. The quantitative estimate of drug-likeness (QED) is 0.445. The van der Waals surface area contributed by atoms with Crippen LogP contribution in [-0.2, 0) is 0 Å². The van der Waals surface area contributed by atoms with Gasteiger partial charge in [0.15, 0.2) is 0 Å². The Hall–Kier alpha value is -0.270. The minimum absolute atomic E-state index is 0.349. The van der Waals surface area contributed by atoms with Crippen molar-refractivity contribution < 1.29 is 0 Å². The maximum Gasteiger partial charge on any atom is 0.131 e. The van der Waals surface area contributed by atoms with E-state index in [0.29, 0.717) is 4.32 Å². The van der Waals surface area contributed by atoms with Crippen molar-refractivity contribution in [1.29, 1.82) is 5.26 Å². The van der Waals surface area contributed by atoms with Crippen LogP contribution in [0.25, 0.3) is 0 Å². The minimum atomic E-state index is -0.598. The van der Waals surface area contributed by atoms with Crippen LogP contribution in [0.3, 0.4) is 0 Å². The first-order valence-electron chi connectivity index (χ1n) is 2.40. The average Bonchev–Trinajstić information content (AvgIpc) is 1.63. The standard InChI is InChI=1S/C5H8N2S2/c1-5(2,3-6)7-4(8)9/h1-2H3,(H2,7,8,9). The first kappa shape index (κ1) is 8.73. The zero-order valence-electron chi connectivity index (χ0n) is 5.30. The van der Waals surface area contributed by atoms with Crippen molar-refractivity contribution in [3.63, 3.8) is 0 Å². The van der Waals surface area contributed by atoms with Crippen molar-refractivity contribution in [3.05, 3.63) is 0 Å². The largest absolute Gasteiger partial charge is 0.354 e. The molecule has 0 aromatic rings. The van der Waals surface area contributed by atoms with Gasteiger partial charge in [0.1, 0.15) is 9.86 Å². The molecule has 0 fully saturated rings. The van der Waals surface area contributed by atoms with E-state index in [1.165, 1.54) is 0 Å². The summed E-state index contributed by atoms with van der Waals surface area (Å²) in [6.07, 6.45) is 0. The summed E-state index contributed by atoms with van der Waals surface area (Å²) in [4.78, 5) is 0. The van der Waals surface area contributed by atoms with Gasteiger partial charge in [-0.05, 0) is 13.8 Å². The third-order valence-electron chi connectivity index (χ3n) is 0.699. The van der Waals surface area contributed by atoms with E-state index >= 15 is 0 Å². The number of nitrogens with zero attached hydrogens (tertiary/aromatic N) is 1. The smallest absolute Gasteiger partial charge is 0.131 e. The van der Waals surface area contributed by atoms with Gasteiger partial charge in [0.25, 0.3) is 0 Å². The Balaban J connectivity index is 3.91. The van der Waals surface area contributed by atoms with Crippen LogP contribution >= 0.6 is 24.8 Å². The van der Waals surface area contributed by atoms with Crippen LogP contribution in [-0.4, -0.2) is 9.86 Å². The van der Waals surface area contributed by atoms with Crippen LogP contribution in [0, 0.1) is 11.3 Å². The lowest BCUT2D eigenvalue weighted by Crippen LogP contribution is -2.38. The van der Waals surface area contributed by atoms with Gasteiger partial charge in [-0.25, -0.2) is 0 Å². The van der Waals surface area contributed by atoms with Gasteiger partial charge in [-0.1, -0.05) is 12.2 Å². The van der Waals surface area contributed by atoms with E-state index in [4.69, 9.17) is 5.26 Å². The number of nitrogens with one attached hydrogen (secondary N) is 1. The van der Waals surface area contributed by atoms with Crippen LogP contribution in [0.15, 0.2) is 0 Å². The Labute approximate surface area is 65.7 Å². The Bertz CT molecular complexity index is 157. The molecule has 0 aliphatic carbocycles. The van der Waals surface area contributed by atoms with Gasteiger partial charge in [0.2, 0.25) is 0 Å². The third-order valence-corrected chi connectivity index (χ3v) is 0.913.